The van der Waals surface area contributed by atoms with E-state index in [1.165, 1.54) is 0 Å². The summed E-state index contributed by atoms with van der Waals surface area (Å²) in [6.07, 6.45) is 1.73. The first-order valence-electron chi connectivity index (χ1n) is 7.43. The van der Waals surface area contributed by atoms with Gasteiger partial charge in [-0.1, -0.05) is 19.9 Å². The molecule has 1 unspecified atom stereocenters. The van der Waals surface area contributed by atoms with Crippen molar-refractivity contribution in [1.29, 1.82) is 0 Å². The fraction of sp³-hybridized carbons (Fsp3) is 0.625. The molecule has 5 heteroatoms. The predicted molar refractivity (Wildman–Crippen MR) is 83.9 cm³/mol. The Labute approximate surface area is 127 Å². The molecule has 0 bridgehead atoms. The number of rotatable bonds is 6. The second kappa shape index (κ2) is 7.41. The van der Waals surface area contributed by atoms with Crippen LogP contribution in [0.1, 0.15) is 46.4 Å². The number of urea groups is 1. The Balaban J connectivity index is 2.81. The maximum absolute atomic E-state index is 12.4. The van der Waals surface area contributed by atoms with E-state index in [2.05, 4.69) is 10.3 Å². The molecule has 0 saturated carbocycles. The van der Waals surface area contributed by atoms with E-state index in [1.807, 2.05) is 39.0 Å². The van der Waals surface area contributed by atoms with Crippen molar-refractivity contribution < 1.29 is 9.90 Å². The van der Waals surface area contributed by atoms with E-state index in [1.54, 1.807) is 24.9 Å². The number of hydrogen-bond donors (Lipinski definition) is 2. The highest BCUT2D eigenvalue weighted by molar-refractivity contribution is 5.74. The van der Waals surface area contributed by atoms with E-state index < -0.39 is 5.60 Å². The molecular weight excluding hydrogens is 266 g/mol. The monoisotopic (exact) mass is 293 g/mol. The number of carbonyl (C=O) groups excluding carboxylic acids is 1. The molecule has 1 heterocycles. The Kier molecular flexibility index (Phi) is 6.15. The SMILES string of the molecule is CCN(CC(C)(C)O)C(=O)NC(c1ccccn1)C(C)C. The number of amides is 2. The van der Waals surface area contributed by atoms with Gasteiger partial charge in [0.25, 0.3) is 0 Å². The lowest BCUT2D eigenvalue weighted by atomic mass is 10.0. The minimum atomic E-state index is -0.911. The molecule has 118 valence electrons. The number of likely N-dealkylation sites (N-methyl/N-ethyl adjacent to an activating group) is 1. The molecule has 0 saturated heterocycles. The molecule has 0 spiro atoms. The van der Waals surface area contributed by atoms with Crippen LogP contribution in [-0.4, -0.2) is 39.7 Å². The van der Waals surface area contributed by atoms with E-state index in [-0.39, 0.29) is 18.0 Å². The molecule has 0 radical (unpaired) electrons. The van der Waals surface area contributed by atoms with Gasteiger partial charge in [0.15, 0.2) is 0 Å². The predicted octanol–water partition coefficient (Wildman–Crippen LogP) is 2.58. The summed E-state index contributed by atoms with van der Waals surface area (Å²) in [4.78, 5) is 18.4. The van der Waals surface area contributed by atoms with Crippen LogP contribution in [0.15, 0.2) is 24.4 Å². The van der Waals surface area contributed by atoms with Crippen molar-refractivity contribution in [2.45, 2.75) is 46.3 Å². The van der Waals surface area contributed by atoms with E-state index in [9.17, 15) is 9.90 Å². The third-order valence-electron chi connectivity index (χ3n) is 3.20. The van der Waals surface area contributed by atoms with Crippen molar-refractivity contribution in [3.05, 3.63) is 30.1 Å². The van der Waals surface area contributed by atoms with Gasteiger partial charge in [0.2, 0.25) is 0 Å². The van der Waals surface area contributed by atoms with Gasteiger partial charge in [0.05, 0.1) is 23.9 Å². The molecule has 0 aliphatic carbocycles. The number of nitrogens with zero attached hydrogens (tertiary/aromatic N) is 2. The summed E-state index contributed by atoms with van der Waals surface area (Å²) in [5.74, 6) is 0.227. The molecule has 0 aliphatic rings. The van der Waals surface area contributed by atoms with Gasteiger partial charge in [-0.15, -0.1) is 0 Å². The van der Waals surface area contributed by atoms with E-state index in [0.717, 1.165) is 5.69 Å². The number of aromatic nitrogens is 1. The molecule has 0 aliphatic heterocycles. The van der Waals surface area contributed by atoms with Crippen molar-refractivity contribution in [2.75, 3.05) is 13.1 Å². The first-order chi connectivity index (χ1) is 9.74. The highest BCUT2D eigenvalue weighted by Crippen LogP contribution is 2.20. The Morgan fingerprint density at radius 2 is 2.10 bits per heavy atom. The average Bonchev–Trinajstić information content (AvgIpc) is 2.41. The number of aliphatic hydroxyl groups is 1. The third-order valence-corrected chi connectivity index (χ3v) is 3.20. The highest BCUT2D eigenvalue weighted by atomic mass is 16.3. The molecular formula is C16H27N3O2. The zero-order valence-electron chi connectivity index (χ0n) is 13.6. The zero-order valence-corrected chi connectivity index (χ0v) is 13.6. The molecule has 5 nitrogen and oxygen atoms in total. The topological polar surface area (TPSA) is 65.5 Å². The largest absolute Gasteiger partial charge is 0.389 e. The van der Waals surface area contributed by atoms with Gasteiger partial charge in [0.1, 0.15) is 0 Å². The van der Waals surface area contributed by atoms with Crippen molar-refractivity contribution in [1.82, 2.24) is 15.2 Å². The van der Waals surface area contributed by atoms with Crippen molar-refractivity contribution in [3.8, 4) is 0 Å². The van der Waals surface area contributed by atoms with Gasteiger partial charge in [-0.2, -0.15) is 0 Å². The summed E-state index contributed by atoms with van der Waals surface area (Å²) in [5.41, 5.74) is -0.0637. The third kappa shape index (κ3) is 5.71. The van der Waals surface area contributed by atoms with Gasteiger partial charge in [-0.05, 0) is 38.8 Å². The van der Waals surface area contributed by atoms with Crippen LogP contribution in [0.25, 0.3) is 0 Å². The normalized spacial score (nSPS) is 13.1. The second-order valence-electron chi connectivity index (χ2n) is 6.25. The first-order valence-corrected chi connectivity index (χ1v) is 7.43. The van der Waals surface area contributed by atoms with Crippen molar-refractivity contribution >= 4 is 6.03 Å². The Hall–Kier alpha value is -1.62. The lowest BCUT2D eigenvalue weighted by molar-refractivity contribution is 0.0472. The van der Waals surface area contributed by atoms with E-state index >= 15 is 0 Å². The first kappa shape index (κ1) is 17.4. The van der Waals surface area contributed by atoms with Gasteiger partial charge in [0, 0.05) is 12.7 Å². The maximum Gasteiger partial charge on any atom is 0.318 e. The molecule has 1 aromatic rings. The summed E-state index contributed by atoms with van der Waals surface area (Å²) in [6.45, 7) is 10.2. The minimum absolute atomic E-state index is 0.144. The standard InChI is InChI=1S/C16H27N3O2/c1-6-19(11-16(4,5)21)15(20)18-14(12(2)3)13-9-7-8-10-17-13/h7-10,12,14,21H,6,11H2,1-5H3,(H,18,20). The summed E-state index contributed by atoms with van der Waals surface area (Å²) in [7, 11) is 0. The lowest BCUT2D eigenvalue weighted by Crippen LogP contribution is -2.48. The number of pyridine rings is 1. The van der Waals surface area contributed by atoms with Gasteiger partial charge >= 0.3 is 6.03 Å². The van der Waals surface area contributed by atoms with Gasteiger partial charge in [-0.3, -0.25) is 4.98 Å². The fourth-order valence-electron chi connectivity index (χ4n) is 2.16. The van der Waals surface area contributed by atoms with Crippen LogP contribution in [0.5, 0.6) is 0 Å². The zero-order chi connectivity index (χ0) is 16.0. The number of carbonyl (C=O) groups is 1. The molecule has 2 N–H and O–H groups in total. The summed E-state index contributed by atoms with van der Waals surface area (Å²) in [5, 5.41) is 12.9. The molecule has 1 rings (SSSR count). The van der Waals surface area contributed by atoms with Crippen LogP contribution in [0.2, 0.25) is 0 Å². The van der Waals surface area contributed by atoms with Gasteiger partial charge < -0.3 is 15.3 Å². The van der Waals surface area contributed by atoms with Crippen LogP contribution in [0, 0.1) is 5.92 Å². The average molecular weight is 293 g/mol. The minimum Gasteiger partial charge on any atom is -0.389 e. The summed E-state index contributed by atoms with van der Waals surface area (Å²) < 4.78 is 0. The van der Waals surface area contributed by atoms with Crippen LogP contribution >= 0.6 is 0 Å². The summed E-state index contributed by atoms with van der Waals surface area (Å²) >= 11 is 0. The lowest BCUT2D eigenvalue weighted by Gasteiger charge is -2.31. The van der Waals surface area contributed by atoms with Gasteiger partial charge in [-0.25, -0.2) is 4.79 Å². The van der Waals surface area contributed by atoms with Crippen molar-refractivity contribution in [3.63, 3.8) is 0 Å². The Bertz CT molecular complexity index is 441. The molecule has 2 amide bonds. The molecule has 21 heavy (non-hydrogen) atoms. The van der Waals surface area contributed by atoms with Crippen LogP contribution < -0.4 is 5.32 Å². The van der Waals surface area contributed by atoms with E-state index in [4.69, 9.17) is 0 Å². The van der Waals surface area contributed by atoms with E-state index in [0.29, 0.717) is 13.1 Å². The van der Waals surface area contributed by atoms with Crippen molar-refractivity contribution in [2.24, 2.45) is 5.92 Å². The quantitative estimate of drug-likeness (QED) is 0.847. The van der Waals surface area contributed by atoms with Crippen LogP contribution in [-0.2, 0) is 0 Å². The smallest absolute Gasteiger partial charge is 0.318 e. The maximum atomic E-state index is 12.4. The van der Waals surface area contributed by atoms with Crippen LogP contribution in [0.4, 0.5) is 4.79 Å². The molecule has 1 aromatic heterocycles. The van der Waals surface area contributed by atoms with Crippen LogP contribution in [0.3, 0.4) is 0 Å². The summed E-state index contributed by atoms with van der Waals surface area (Å²) in [6, 6.07) is 5.36. The Morgan fingerprint density at radius 1 is 1.43 bits per heavy atom. The second-order valence-corrected chi connectivity index (χ2v) is 6.25. The highest BCUT2D eigenvalue weighted by Gasteiger charge is 2.25. The molecule has 1 atom stereocenters. The number of hydrogen-bond acceptors (Lipinski definition) is 3. The molecule has 0 aromatic carbocycles. The number of nitrogens with one attached hydrogen (secondary N) is 1. The Morgan fingerprint density at radius 3 is 2.52 bits per heavy atom. The molecule has 0 fully saturated rings. The fourth-order valence-corrected chi connectivity index (χ4v) is 2.16.